The summed E-state index contributed by atoms with van der Waals surface area (Å²) in [5, 5.41) is 17.0. The fourth-order valence-corrected chi connectivity index (χ4v) is 0.593. The van der Waals surface area contributed by atoms with Crippen LogP contribution in [0.4, 0.5) is 0 Å². The normalized spacial score (nSPS) is 14.5. The predicted octanol–water partition coefficient (Wildman–Crippen LogP) is 0.247. The Morgan fingerprint density at radius 1 is 1.55 bits per heavy atom. The molecule has 0 rings (SSSR count). The minimum atomic E-state index is -1.14. The lowest BCUT2D eigenvalue weighted by Crippen LogP contribution is -2.35. The first-order valence-electron chi connectivity index (χ1n) is 3.38. The van der Waals surface area contributed by atoms with Crippen LogP contribution in [0.5, 0.6) is 0 Å². The van der Waals surface area contributed by atoms with Gasteiger partial charge in [0.1, 0.15) is 0 Å². The molecule has 0 fully saturated rings. The molecule has 11 heavy (non-hydrogen) atoms. The van der Waals surface area contributed by atoms with Crippen molar-refractivity contribution in [2.45, 2.75) is 32.5 Å². The number of hydrogen-bond donors (Lipinski definition) is 2. The average molecular weight is 162 g/mol. The molecule has 0 aromatic heterocycles. The zero-order valence-corrected chi connectivity index (χ0v) is 7.00. The zero-order chi connectivity index (χ0) is 9.07. The SMILES string of the molecule is CC(C)(C)O[C@@H](CO)C(=O)O. The van der Waals surface area contributed by atoms with E-state index in [1.165, 1.54) is 0 Å². The number of carbonyl (C=O) groups is 1. The number of hydrogen-bond acceptors (Lipinski definition) is 3. The van der Waals surface area contributed by atoms with Crippen molar-refractivity contribution in [2.75, 3.05) is 6.61 Å². The second kappa shape index (κ2) is 3.69. The molecule has 0 saturated heterocycles. The largest absolute Gasteiger partial charge is 0.479 e. The third-order valence-electron chi connectivity index (χ3n) is 0.937. The van der Waals surface area contributed by atoms with E-state index in [0.717, 1.165) is 0 Å². The number of ether oxygens (including phenoxy) is 1. The second-order valence-corrected chi connectivity index (χ2v) is 3.24. The molecule has 66 valence electrons. The first-order chi connectivity index (χ1) is 4.87. The van der Waals surface area contributed by atoms with Gasteiger partial charge in [-0.15, -0.1) is 0 Å². The quantitative estimate of drug-likeness (QED) is 0.624. The molecule has 0 aliphatic carbocycles. The van der Waals surface area contributed by atoms with Crippen molar-refractivity contribution >= 4 is 5.97 Å². The summed E-state index contributed by atoms with van der Waals surface area (Å²) in [6.45, 7) is 4.71. The van der Waals surface area contributed by atoms with Crippen molar-refractivity contribution in [3.63, 3.8) is 0 Å². The summed E-state index contributed by atoms with van der Waals surface area (Å²) in [5.41, 5.74) is -0.536. The van der Waals surface area contributed by atoms with Crippen LogP contribution >= 0.6 is 0 Å². The van der Waals surface area contributed by atoms with Gasteiger partial charge in [0.2, 0.25) is 0 Å². The molecular formula is C7H14O4. The first-order valence-corrected chi connectivity index (χ1v) is 3.38. The number of aliphatic hydroxyl groups excluding tert-OH is 1. The molecule has 0 spiro atoms. The number of carboxylic acids is 1. The van der Waals surface area contributed by atoms with Crippen molar-refractivity contribution in [1.82, 2.24) is 0 Å². The minimum absolute atomic E-state index is 0.493. The van der Waals surface area contributed by atoms with Gasteiger partial charge in [-0.05, 0) is 20.8 Å². The molecule has 0 unspecified atom stereocenters. The van der Waals surface area contributed by atoms with Gasteiger partial charge < -0.3 is 14.9 Å². The highest BCUT2D eigenvalue weighted by Crippen LogP contribution is 2.10. The highest BCUT2D eigenvalue weighted by molar-refractivity contribution is 5.72. The molecular weight excluding hydrogens is 148 g/mol. The van der Waals surface area contributed by atoms with E-state index in [9.17, 15) is 4.79 Å². The fraction of sp³-hybridized carbons (Fsp3) is 0.857. The summed E-state index contributed by atoms with van der Waals surface area (Å²) in [6.07, 6.45) is -1.12. The van der Waals surface area contributed by atoms with Crippen molar-refractivity contribution < 1.29 is 19.7 Å². The molecule has 0 aromatic carbocycles. The summed E-state index contributed by atoms with van der Waals surface area (Å²) in [7, 11) is 0. The third-order valence-corrected chi connectivity index (χ3v) is 0.937. The maximum Gasteiger partial charge on any atom is 0.335 e. The van der Waals surface area contributed by atoms with Gasteiger partial charge in [-0.1, -0.05) is 0 Å². The Hall–Kier alpha value is -0.610. The lowest BCUT2D eigenvalue weighted by molar-refractivity contribution is -0.163. The van der Waals surface area contributed by atoms with Crippen LogP contribution in [0.25, 0.3) is 0 Å². The molecule has 0 bridgehead atoms. The second-order valence-electron chi connectivity index (χ2n) is 3.24. The van der Waals surface area contributed by atoms with Crippen LogP contribution in [0.15, 0.2) is 0 Å². The van der Waals surface area contributed by atoms with Crippen LogP contribution < -0.4 is 0 Å². The standard InChI is InChI=1S/C7H14O4/c1-7(2,3)11-5(4-8)6(9)10/h5,8H,4H2,1-3H3,(H,9,10)/t5-/m0/s1. The van der Waals surface area contributed by atoms with E-state index in [4.69, 9.17) is 14.9 Å². The maximum absolute atomic E-state index is 10.3. The van der Waals surface area contributed by atoms with E-state index in [1.807, 2.05) is 0 Å². The summed E-state index contributed by atoms with van der Waals surface area (Å²) in [4.78, 5) is 10.3. The summed E-state index contributed by atoms with van der Waals surface area (Å²) < 4.78 is 5.00. The molecule has 4 heteroatoms. The van der Waals surface area contributed by atoms with Crippen LogP contribution in [-0.4, -0.2) is 34.5 Å². The van der Waals surface area contributed by atoms with Crippen molar-refractivity contribution in [3.8, 4) is 0 Å². The summed E-state index contributed by atoms with van der Waals surface area (Å²) in [5.74, 6) is -1.14. The molecule has 4 nitrogen and oxygen atoms in total. The lowest BCUT2D eigenvalue weighted by atomic mass is 10.2. The van der Waals surface area contributed by atoms with E-state index in [2.05, 4.69) is 0 Å². The molecule has 0 aliphatic heterocycles. The number of carboxylic acid groups (broad SMARTS) is 1. The van der Waals surface area contributed by atoms with Crippen molar-refractivity contribution in [2.24, 2.45) is 0 Å². The van der Waals surface area contributed by atoms with E-state index < -0.39 is 24.3 Å². The molecule has 0 aromatic rings. The molecule has 0 saturated carbocycles. The van der Waals surface area contributed by atoms with Crippen LogP contribution in [0, 0.1) is 0 Å². The lowest BCUT2D eigenvalue weighted by Gasteiger charge is -2.23. The summed E-state index contributed by atoms with van der Waals surface area (Å²) >= 11 is 0. The Morgan fingerprint density at radius 3 is 2.09 bits per heavy atom. The number of rotatable bonds is 3. The van der Waals surface area contributed by atoms with Gasteiger partial charge in [0.05, 0.1) is 12.2 Å². The number of aliphatic hydroxyl groups is 1. The highest BCUT2D eigenvalue weighted by atomic mass is 16.5. The molecule has 2 N–H and O–H groups in total. The van der Waals surface area contributed by atoms with Crippen LogP contribution in [0.1, 0.15) is 20.8 Å². The van der Waals surface area contributed by atoms with Gasteiger partial charge >= 0.3 is 5.97 Å². The molecule has 1 atom stereocenters. The fourth-order valence-electron chi connectivity index (χ4n) is 0.593. The van der Waals surface area contributed by atoms with Gasteiger partial charge in [0, 0.05) is 0 Å². The molecule has 0 radical (unpaired) electrons. The average Bonchev–Trinajstić information content (AvgIpc) is 1.80. The topological polar surface area (TPSA) is 66.8 Å². The van der Waals surface area contributed by atoms with Crippen molar-refractivity contribution in [1.29, 1.82) is 0 Å². The van der Waals surface area contributed by atoms with E-state index >= 15 is 0 Å². The number of aliphatic carboxylic acids is 1. The smallest absolute Gasteiger partial charge is 0.335 e. The van der Waals surface area contributed by atoms with Crippen LogP contribution in [0.3, 0.4) is 0 Å². The Morgan fingerprint density at radius 2 is 2.00 bits per heavy atom. The van der Waals surface area contributed by atoms with Gasteiger partial charge in [-0.25, -0.2) is 4.79 Å². The highest BCUT2D eigenvalue weighted by Gasteiger charge is 2.23. The Bertz CT molecular complexity index is 136. The first kappa shape index (κ1) is 10.4. The molecule has 0 heterocycles. The summed E-state index contributed by atoms with van der Waals surface area (Å²) in [6, 6.07) is 0. The minimum Gasteiger partial charge on any atom is -0.479 e. The van der Waals surface area contributed by atoms with E-state index in [1.54, 1.807) is 20.8 Å². The third kappa shape index (κ3) is 4.75. The Balaban J connectivity index is 3.99. The van der Waals surface area contributed by atoms with Crippen molar-refractivity contribution in [3.05, 3.63) is 0 Å². The predicted molar refractivity (Wildman–Crippen MR) is 39.3 cm³/mol. The molecule has 0 amide bonds. The van der Waals surface area contributed by atoms with E-state index in [-0.39, 0.29) is 0 Å². The van der Waals surface area contributed by atoms with Crippen LogP contribution in [-0.2, 0) is 9.53 Å². The monoisotopic (exact) mass is 162 g/mol. The Labute approximate surface area is 65.8 Å². The zero-order valence-electron chi connectivity index (χ0n) is 7.00. The maximum atomic E-state index is 10.3. The van der Waals surface area contributed by atoms with Gasteiger partial charge in [-0.3, -0.25) is 0 Å². The van der Waals surface area contributed by atoms with Crippen LogP contribution in [0.2, 0.25) is 0 Å². The van der Waals surface area contributed by atoms with Gasteiger partial charge in [0.15, 0.2) is 6.10 Å². The Kier molecular flexibility index (Phi) is 3.48. The van der Waals surface area contributed by atoms with E-state index in [0.29, 0.717) is 0 Å². The van der Waals surface area contributed by atoms with Gasteiger partial charge in [0.25, 0.3) is 0 Å². The van der Waals surface area contributed by atoms with Gasteiger partial charge in [-0.2, -0.15) is 0 Å². The molecule has 0 aliphatic rings.